The van der Waals surface area contributed by atoms with E-state index in [1.807, 2.05) is 13.0 Å². The van der Waals surface area contributed by atoms with Gasteiger partial charge in [-0.1, -0.05) is 0 Å². The second-order valence-electron chi connectivity index (χ2n) is 3.56. The van der Waals surface area contributed by atoms with Crippen molar-refractivity contribution in [3.05, 3.63) is 28.8 Å². The molecule has 1 aromatic carbocycles. The zero-order valence-corrected chi connectivity index (χ0v) is 8.08. The van der Waals surface area contributed by atoms with Crippen molar-refractivity contribution in [1.82, 2.24) is 0 Å². The molecule has 2 rings (SSSR count). The highest BCUT2D eigenvalue weighted by molar-refractivity contribution is 5.49. The van der Waals surface area contributed by atoms with Crippen LogP contribution in [0.5, 0.6) is 5.75 Å². The summed E-state index contributed by atoms with van der Waals surface area (Å²) in [7, 11) is 0. The van der Waals surface area contributed by atoms with Gasteiger partial charge in [0.05, 0.1) is 18.2 Å². The molecule has 0 radical (unpaired) electrons. The van der Waals surface area contributed by atoms with Gasteiger partial charge < -0.3 is 10.5 Å². The molecule has 0 amide bonds. The second-order valence-corrected chi connectivity index (χ2v) is 3.56. The van der Waals surface area contributed by atoms with Crippen molar-refractivity contribution in [3.8, 4) is 11.8 Å². The van der Waals surface area contributed by atoms with Gasteiger partial charge in [-0.3, -0.25) is 0 Å². The molecule has 1 atom stereocenters. The third kappa shape index (κ3) is 1.34. The van der Waals surface area contributed by atoms with E-state index in [0.29, 0.717) is 12.2 Å². The quantitative estimate of drug-likeness (QED) is 0.673. The van der Waals surface area contributed by atoms with Crippen molar-refractivity contribution >= 4 is 0 Å². The molecular formula is C11H12N2O. The fourth-order valence-electron chi connectivity index (χ4n) is 1.87. The summed E-state index contributed by atoms with van der Waals surface area (Å²) >= 11 is 0. The molecule has 14 heavy (non-hydrogen) atoms. The van der Waals surface area contributed by atoms with Gasteiger partial charge in [0.25, 0.3) is 0 Å². The van der Waals surface area contributed by atoms with Gasteiger partial charge in [-0.25, -0.2) is 0 Å². The first-order valence-corrected chi connectivity index (χ1v) is 4.65. The minimum Gasteiger partial charge on any atom is -0.493 e. The Morgan fingerprint density at radius 3 is 3.07 bits per heavy atom. The summed E-state index contributed by atoms with van der Waals surface area (Å²) in [5, 5.41) is 8.79. The van der Waals surface area contributed by atoms with Gasteiger partial charge in [-0.15, -0.1) is 0 Å². The van der Waals surface area contributed by atoms with Gasteiger partial charge in [0.2, 0.25) is 0 Å². The molecule has 1 heterocycles. The molecule has 0 bridgehead atoms. The predicted octanol–water partition coefficient (Wildman–Crippen LogP) is 1.65. The summed E-state index contributed by atoms with van der Waals surface area (Å²) in [6.07, 6.45) is 0.847. The lowest BCUT2D eigenvalue weighted by molar-refractivity contribution is 0.268. The molecule has 0 aromatic heterocycles. The van der Waals surface area contributed by atoms with Crippen LogP contribution in [0.3, 0.4) is 0 Å². The maximum absolute atomic E-state index is 8.79. The summed E-state index contributed by atoms with van der Waals surface area (Å²) in [5.41, 5.74) is 8.71. The van der Waals surface area contributed by atoms with Crippen molar-refractivity contribution in [1.29, 1.82) is 5.26 Å². The number of nitrogens with two attached hydrogens (primary N) is 1. The topological polar surface area (TPSA) is 59.0 Å². The smallest absolute Gasteiger partial charge is 0.125 e. The van der Waals surface area contributed by atoms with E-state index in [9.17, 15) is 0 Å². The summed E-state index contributed by atoms with van der Waals surface area (Å²) in [4.78, 5) is 0. The number of fused-ring (bicyclic) bond motifs is 1. The molecular weight excluding hydrogens is 176 g/mol. The van der Waals surface area contributed by atoms with Gasteiger partial charge in [-0.2, -0.15) is 5.26 Å². The second kappa shape index (κ2) is 3.32. The Morgan fingerprint density at radius 1 is 1.57 bits per heavy atom. The SMILES string of the molecule is Cc1cc(C#N)cc2c1C(N)CCO2. The lowest BCUT2D eigenvalue weighted by Gasteiger charge is -2.24. The molecule has 1 aliphatic heterocycles. The Labute approximate surface area is 83.1 Å². The first kappa shape index (κ1) is 9.04. The van der Waals surface area contributed by atoms with E-state index in [0.717, 1.165) is 23.3 Å². The largest absolute Gasteiger partial charge is 0.493 e. The molecule has 0 spiro atoms. The van der Waals surface area contributed by atoms with E-state index in [2.05, 4.69) is 6.07 Å². The van der Waals surface area contributed by atoms with Gasteiger partial charge in [0, 0.05) is 18.0 Å². The molecule has 1 aliphatic rings. The fourth-order valence-corrected chi connectivity index (χ4v) is 1.87. The number of nitrogens with zero attached hydrogens (tertiary/aromatic N) is 1. The average molecular weight is 188 g/mol. The van der Waals surface area contributed by atoms with Gasteiger partial charge >= 0.3 is 0 Å². The van der Waals surface area contributed by atoms with E-state index in [-0.39, 0.29) is 6.04 Å². The lowest BCUT2D eigenvalue weighted by atomic mass is 9.95. The Hall–Kier alpha value is -1.53. The molecule has 3 heteroatoms. The summed E-state index contributed by atoms with van der Waals surface area (Å²) < 4.78 is 5.49. The average Bonchev–Trinajstić information content (AvgIpc) is 2.17. The highest BCUT2D eigenvalue weighted by Crippen LogP contribution is 2.33. The van der Waals surface area contributed by atoms with Crippen LogP contribution >= 0.6 is 0 Å². The van der Waals surface area contributed by atoms with E-state index in [4.69, 9.17) is 15.7 Å². The highest BCUT2D eigenvalue weighted by Gasteiger charge is 2.20. The molecule has 0 fully saturated rings. The number of hydrogen-bond donors (Lipinski definition) is 1. The predicted molar refractivity (Wildman–Crippen MR) is 52.9 cm³/mol. The van der Waals surface area contributed by atoms with Crippen LogP contribution in [0.2, 0.25) is 0 Å². The number of aryl methyl sites for hydroxylation is 1. The zero-order valence-electron chi connectivity index (χ0n) is 8.08. The number of benzene rings is 1. The van der Waals surface area contributed by atoms with Crippen molar-refractivity contribution in [2.24, 2.45) is 5.73 Å². The fraction of sp³-hybridized carbons (Fsp3) is 0.364. The van der Waals surface area contributed by atoms with Gasteiger partial charge in [0.15, 0.2) is 0 Å². The third-order valence-corrected chi connectivity index (χ3v) is 2.54. The lowest BCUT2D eigenvalue weighted by Crippen LogP contribution is -2.21. The number of ether oxygens (including phenoxy) is 1. The van der Waals surface area contributed by atoms with Crippen LogP contribution in [-0.2, 0) is 0 Å². The molecule has 3 nitrogen and oxygen atoms in total. The van der Waals surface area contributed by atoms with E-state index in [1.165, 1.54) is 0 Å². The highest BCUT2D eigenvalue weighted by atomic mass is 16.5. The van der Waals surface area contributed by atoms with Gasteiger partial charge in [0.1, 0.15) is 5.75 Å². The standard InChI is InChI=1S/C11H12N2O/c1-7-4-8(6-12)5-10-11(7)9(13)2-3-14-10/h4-5,9H,2-3,13H2,1H3. The Kier molecular flexibility index (Phi) is 2.14. The van der Waals surface area contributed by atoms with Gasteiger partial charge in [-0.05, 0) is 24.6 Å². The Morgan fingerprint density at radius 2 is 2.36 bits per heavy atom. The van der Waals surface area contributed by atoms with Crippen LogP contribution in [-0.4, -0.2) is 6.61 Å². The van der Waals surface area contributed by atoms with Crippen molar-refractivity contribution in [3.63, 3.8) is 0 Å². The molecule has 1 unspecified atom stereocenters. The number of nitriles is 1. The van der Waals surface area contributed by atoms with Crippen LogP contribution in [0.1, 0.15) is 29.2 Å². The summed E-state index contributed by atoms with van der Waals surface area (Å²) in [5.74, 6) is 0.778. The molecule has 1 aromatic rings. The molecule has 2 N–H and O–H groups in total. The van der Waals surface area contributed by atoms with Crippen molar-refractivity contribution in [2.75, 3.05) is 6.61 Å². The maximum atomic E-state index is 8.79. The van der Waals surface area contributed by atoms with Crippen molar-refractivity contribution < 1.29 is 4.74 Å². The molecule has 0 saturated carbocycles. The Bertz CT molecular complexity index is 406. The van der Waals surface area contributed by atoms with Crippen LogP contribution in [0.15, 0.2) is 12.1 Å². The number of hydrogen-bond acceptors (Lipinski definition) is 3. The van der Waals surface area contributed by atoms with Crippen molar-refractivity contribution in [2.45, 2.75) is 19.4 Å². The minimum absolute atomic E-state index is 0.0477. The normalized spacial score (nSPS) is 19.4. The van der Waals surface area contributed by atoms with Crippen LogP contribution in [0.25, 0.3) is 0 Å². The third-order valence-electron chi connectivity index (χ3n) is 2.54. The van der Waals surface area contributed by atoms with Crippen LogP contribution < -0.4 is 10.5 Å². The summed E-state index contributed by atoms with van der Waals surface area (Å²) in [6.45, 7) is 2.61. The first-order valence-electron chi connectivity index (χ1n) is 4.65. The number of rotatable bonds is 0. The molecule has 72 valence electrons. The Balaban J connectivity index is 2.58. The molecule has 0 aliphatic carbocycles. The van der Waals surface area contributed by atoms with E-state index < -0.39 is 0 Å². The van der Waals surface area contributed by atoms with Crippen LogP contribution in [0.4, 0.5) is 0 Å². The van der Waals surface area contributed by atoms with E-state index in [1.54, 1.807) is 6.07 Å². The molecule has 0 saturated heterocycles. The monoisotopic (exact) mass is 188 g/mol. The first-order chi connectivity index (χ1) is 6.72. The van der Waals surface area contributed by atoms with E-state index >= 15 is 0 Å². The summed E-state index contributed by atoms with van der Waals surface area (Å²) in [6, 6.07) is 5.78. The zero-order chi connectivity index (χ0) is 10.1. The maximum Gasteiger partial charge on any atom is 0.125 e. The van der Waals surface area contributed by atoms with Crippen LogP contribution in [0, 0.1) is 18.3 Å². The minimum atomic E-state index is 0.0477.